The Morgan fingerprint density at radius 3 is 1.18 bits per heavy atom. The third-order valence-corrected chi connectivity index (χ3v) is 6.19. The maximum Gasteiger partial charge on any atom is 0.0892 e. The number of aromatic nitrogens is 2. The van der Waals surface area contributed by atoms with E-state index in [0.29, 0.717) is 0 Å². The van der Waals surface area contributed by atoms with E-state index in [1.165, 1.54) is 44.5 Å². The van der Waals surface area contributed by atoms with E-state index in [2.05, 4.69) is 112 Å². The van der Waals surface area contributed by atoms with Gasteiger partial charge in [-0.2, -0.15) is 0 Å². The second kappa shape index (κ2) is 10.0. The van der Waals surface area contributed by atoms with Crippen LogP contribution in [0.1, 0.15) is 55.6 Å². The van der Waals surface area contributed by atoms with Gasteiger partial charge >= 0.3 is 0 Å². The molecule has 0 atom stereocenters. The van der Waals surface area contributed by atoms with Crippen LogP contribution < -0.4 is 0 Å². The minimum atomic E-state index is 0.873. The van der Waals surface area contributed by atoms with Crippen LogP contribution in [0.4, 0.5) is 0 Å². The third kappa shape index (κ3) is 5.40. The standard InChI is InChI=1S/C32H32N2/c1-21-15-23(3)29(24(4)16-21)9-7-27-11-13-33-31(19-27)32-20-28(12-14-34-32)8-10-30-25(5)17-22(2)18-26(30)6/h7-20H,1-6H3. The van der Waals surface area contributed by atoms with Gasteiger partial charge < -0.3 is 0 Å². The van der Waals surface area contributed by atoms with E-state index in [4.69, 9.17) is 0 Å². The first-order valence-corrected chi connectivity index (χ1v) is 11.7. The van der Waals surface area contributed by atoms with E-state index in [1.807, 2.05) is 24.5 Å². The van der Waals surface area contributed by atoms with E-state index in [9.17, 15) is 0 Å². The Balaban J connectivity index is 1.60. The molecule has 2 heterocycles. The molecule has 0 aliphatic rings. The van der Waals surface area contributed by atoms with Crippen molar-refractivity contribution in [3.05, 3.63) is 117 Å². The van der Waals surface area contributed by atoms with Gasteiger partial charge in [-0.05, 0) is 110 Å². The topological polar surface area (TPSA) is 25.8 Å². The molecule has 0 radical (unpaired) electrons. The fourth-order valence-corrected chi connectivity index (χ4v) is 4.65. The minimum Gasteiger partial charge on any atom is -0.255 e. The van der Waals surface area contributed by atoms with Crippen LogP contribution in [0.2, 0.25) is 0 Å². The molecule has 0 aliphatic heterocycles. The van der Waals surface area contributed by atoms with Crippen LogP contribution in [0, 0.1) is 41.5 Å². The summed E-state index contributed by atoms with van der Waals surface area (Å²) in [6.45, 7) is 12.9. The molecule has 2 nitrogen and oxygen atoms in total. The Morgan fingerprint density at radius 1 is 0.471 bits per heavy atom. The summed E-state index contributed by atoms with van der Waals surface area (Å²) < 4.78 is 0. The summed E-state index contributed by atoms with van der Waals surface area (Å²) >= 11 is 0. The molecule has 2 aromatic carbocycles. The van der Waals surface area contributed by atoms with Gasteiger partial charge in [-0.3, -0.25) is 9.97 Å². The number of hydrogen-bond acceptors (Lipinski definition) is 2. The summed E-state index contributed by atoms with van der Waals surface area (Å²) in [7, 11) is 0. The average molecular weight is 445 g/mol. The van der Waals surface area contributed by atoms with Crippen molar-refractivity contribution in [2.24, 2.45) is 0 Å². The van der Waals surface area contributed by atoms with Gasteiger partial charge in [0.1, 0.15) is 0 Å². The number of benzene rings is 2. The van der Waals surface area contributed by atoms with Gasteiger partial charge in [-0.1, -0.05) is 59.7 Å². The molecule has 4 rings (SSSR count). The quantitative estimate of drug-likeness (QED) is 0.309. The van der Waals surface area contributed by atoms with Crippen LogP contribution in [0.25, 0.3) is 35.7 Å². The molecular formula is C32H32N2. The molecule has 0 unspecified atom stereocenters. The number of aryl methyl sites for hydroxylation is 6. The third-order valence-electron chi connectivity index (χ3n) is 6.19. The van der Waals surface area contributed by atoms with Crippen molar-refractivity contribution in [1.29, 1.82) is 0 Å². The highest BCUT2D eigenvalue weighted by molar-refractivity contribution is 5.76. The van der Waals surface area contributed by atoms with Gasteiger partial charge in [0.25, 0.3) is 0 Å². The smallest absolute Gasteiger partial charge is 0.0892 e. The molecule has 0 saturated heterocycles. The van der Waals surface area contributed by atoms with Crippen LogP contribution in [-0.4, -0.2) is 9.97 Å². The van der Waals surface area contributed by atoms with Crippen molar-refractivity contribution in [2.45, 2.75) is 41.5 Å². The number of nitrogens with zero attached hydrogens (tertiary/aromatic N) is 2. The molecule has 0 aliphatic carbocycles. The zero-order valence-corrected chi connectivity index (χ0v) is 21.0. The van der Waals surface area contributed by atoms with E-state index in [0.717, 1.165) is 22.5 Å². The fraction of sp³-hybridized carbons (Fsp3) is 0.188. The number of hydrogen-bond donors (Lipinski definition) is 0. The Hall–Kier alpha value is -3.78. The SMILES string of the molecule is Cc1cc(C)c(C=Cc2ccnc(-c3cc(C=Cc4c(C)cc(C)cc4C)ccn3)c2)c(C)c1. The van der Waals surface area contributed by atoms with Crippen molar-refractivity contribution < 1.29 is 0 Å². The summed E-state index contributed by atoms with van der Waals surface area (Å²) in [6.07, 6.45) is 12.4. The first-order valence-electron chi connectivity index (χ1n) is 11.7. The second-order valence-electron chi connectivity index (χ2n) is 9.24. The molecule has 2 aromatic heterocycles. The minimum absolute atomic E-state index is 0.873. The molecule has 4 aromatic rings. The lowest BCUT2D eigenvalue weighted by molar-refractivity contribution is 1.24. The van der Waals surface area contributed by atoms with Gasteiger partial charge in [-0.25, -0.2) is 0 Å². The number of pyridine rings is 2. The van der Waals surface area contributed by atoms with E-state index < -0.39 is 0 Å². The predicted molar refractivity (Wildman–Crippen MR) is 147 cm³/mol. The second-order valence-corrected chi connectivity index (χ2v) is 9.24. The van der Waals surface area contributed by atoms with Crippen molar-refractivity contribution in [2.75, 3.05) is 0 Å². The lowest BCUT2D eigenvalue weighted by Crippen LogP contribution is -1.90. The molecule has 0 amide bonds. The highest BCUT2D eigenvalue weighted by Crippen LogP contribution is 2.23. The van der Waals surface area contributed by atoms with E-state index >= 15 is 0 Å². The van der Waals surface area contributed by atoms with Gasteiger partial charge in [0.15, 0.2) is 0 Å². The Labute approximate surface area is 203 Å². The highest BCUT2D eigenvalue weighted by atomic mass is 14.8. The lowest BCUT2D eigenvalue weighted by Gasteiger charge is -2.08. The van der Waals surface area contributed by atoms with Crippen LogP contribution >= 0.6 is 0 Å². The molecular weight excluding hydrogens is 412 g/mol. The Bertz CT molecular complexity index is 1250. The zero-order chi connectivity index (χ0) is 24.2. The molecule has 2 heteroatoms. The highest BCUT2D eigenvalue weighted by Gasteiger charge is 2.05. The van der Waals surface area contributed by atoms with Crippen LogP contribution in [-0.2, 0) is 0 Å². The van der Waals surface area contributed by atoms with Crippen molar-refractivity contribution in [3.8, 4) is 11.4 Å². The Kier molecular flexibility index (Phi) is 6.88. The normalized spacial score (nSPS) is 11.6. The number of rotatable bonds is 5. The predicted octanol–water partition coefficient (Wildman–Crippen LogP) is 8.33. The summed E-state index contributed by atoms with van der Waals surface area (Å²) in [5.41, 5.74) is 14.3. The zero-order valence-electron chi connectivity index (χ0n) is 21.0. The van der Waals surface area contributed by atoms with Gasteiger partial charge in [0.05, 0.1) is 11.4 Å². The van der Waals surface area contributed by atoms with Crippen LogP contribution in [0.3, 0.4) is 0 Å². The largest absolute Gasteiger partial charge is 0.255 e. The maximum absolute atomic E-state index is 4.59. The molecule has 0 saturated carbocycles. The summed E-state index contributed by atoms with van der Waals surface area (Å²) in [6, 6.07) is 17.2. The first-order chi connectivity index (χ1) is 16.3. The van der Waals surface area contributed by atoms with Crippen LogP contribution in [0.5, 0.6) is 0 Å². The van der Waals surface area contributed by atoms with Gasteiger partial charge in [-0.15, -0.1) is 0 Å². The maximum atomic E-state index is 4.59. The summed E-state index contributed by atoms with van der Waals surface area (Å²) in [5.74, 6) is 0. The lowest BCUT2D eigenvalue weighted by atomic mass is 9.98. The molecule has 0 spiro atoms. The molecule has 0 bridgehead atoms. The van der Waals surface area contributed by atoms with E-state index in [-0.39, 0.29) is 0 Å². The van der Waals surface area contributed by atoms with Crippen LogP contribution in [0.15, 0.2) is 60.9 Å². The molecule has 0 N–H and O–H groups in total. The van der Waals surface area contributed by atoms with Crippen molar-refractivity contribution in [3.63, 3.8) is 0 Å². The monoisotopic (exact) mass is 444 g/mol. The summed E-state index contributed by atoms with van der Waals surface area (Å²) in [4.78, 5) is 9.18. The summed E-state index contributed by atoms with van der Waals surface area (Å²) in [5, 5.41) is 0. The van der Waals surface area contributed by atoms with E-state index in [1.54, 1.807) is 0 Å². The Morgan fingerprint density at radius 2 is 0.824 bits per heavy atom. The van der Waals surface area contributed by atoms with Gasteiger partial charge in [0, 0.05) is 12.4 Å². The van der Waals surface area contributed by atoms with Crippen molar-refractivity contribution >= 4 is 24.3 Å². The molecule has 0 fully saturated rings. The molecule has 170 valence electrons. The fourth-order valence-electron chi connectivity index (χ4n) is 4.65. The first kappa shape index (κ1) is 23.4. The van der Waals surface area contributed by atoms with Gasteiger partial charge in [0.2, 0.25) is 0 Å². The molecule has 34 heavy (non-hydrogen) atoms. The average Bonchev–Trinajstić information content (AvgIpc) is 2.78. The van der Waals surface area contributed by atoms with Crippen molar-refractivity contribution in [1.82, 2.24) is 9.97 Å².